The molecule has 2 heterocycles. The summed E-state index contributed by atoms with van der Waals surface area (Å²) in [5.74, 6) is 0.495. The second-order valence-electron chi connectivity index (χ2n) is 7.55. The molecule has 0 fully saturated rings. The summed E-state index contributed by atoms with van der Waals surface area (Å²) in [5, 5.41) is 3.18. The summed E-state index contributed by atoms with van der Waals surface area (Å²) in [6.45, 7) is 6.56. The van der Waals surface area contributed by atoms with Crippen molar-refractivity contribution in [2.45, 2.75) is 26.2 Å². The topological polar surface area (TPSA) is 45.8 Å². The lowest BCUT2D eigenvalue weighted by atomic mass is 9.86. The monoisotopic (exact) mass is 394 g/mol. The minimum atomic E-state index is -0.147. The van der Waals surface area contributed by atoms with Crippen LogP contribution in [-0.4, -0.2) is 9.97 Å². The zero-order valence-corrected chi connectivity index (χ0v) is 16.9. The van der Waals surface area contributed by atoms with Crippen LogP contribution in [-0.2, 0) is 5.41 Å². The number of aromatic amines is 1. The van der Waals surface area contributed by atoms with Gasteiger partial charge in [-0.3, -0.25) is 4.79 Å². The normalized spacial score (nSPS) is 11.9. The van der Waals surface area contributed by atoms with Gasteiger partial charge in [0.2, 0.25) is 0 Å². The summed E-state index contributed by atoms with van der Waals surface area (Å²) in [7, 11) is 0. The number of hydrogen-bond donors (Lipinski definition) is 1. The number of nitrogens with zero attached hydrogens (tertiary/aromatic N) is 1. The molecule has 0 saturated heterocycles. The summed E-state index contributed by atoms with van der Waals surface area (Å²) in [6, 6.07) is 15.8. The van der Waals surface area contributed by atoms with E-state index in [0.717, 1.165) is 16.7 Å². The predicted molar refractivity (Wildman–Crippen MR) is 115 cm³/mol. The van der Waals surface area contributed by atoms with Crippen molar-refractivity contribution in [2.75, 3.05) is 0 Å². The van der Waals surface area contributed by atoms with Gasteiger partial charge in [0.25, 0.3) is 5.56 Å². The Hall–Kier alpha value is -2.43. The molecular formula is C22H19ClN2OS. The highest BCUT2D eigenvalue weighted by atomic mass is 35.5. The Morgan fingerprint density at radius 1 is 1.00 bits per heavy atom. The summed E-state index contributed by atoms with van der Waals surface area (Å²) in [6.07, 6.45) is 0. The molecule has 1 N–H and O–H groups in total. The maximum atomic E-state index is 12.8. The molecule has 5 heteroatoms. The van der Waals surface area contributed by atoms with E-state index in [1.807, 2.05) is 23.6 Å². The Kier molecular flexibility index (Phi) is 4.41. The van der Waals surface area contributed by atoms with Crippen LogP contribution in [0.1, 0.15) is 26.3 Å². The Morgan fingerprint density at radius 2 is 1.70 bits per heavy atom. The number of rotatable bonds is 2. The van der Waals surface area contributed by atoms with Gasteiger partial charge in [0, 0.05) is 16.5 Å². The van der Waals surface area contributed by atoms with Gasteiger partial charge in [-0.1, -0.05) is 68.8 Å². The Labute approximate surface area is 166 Å². The maximum Gasteiger partial charge on any atom is 0.260 e. The minimum absolute atomic E-state index is 0.0954. The molecule has 0 atom stereocenters. The van der Waals surface area contributed by atoms with Gasteiger partial charge in [-0.25, -0.2) is 4.98 Å². The van der Waals surface area contributed by atoms with Gasteiger partial charge in [-0.2, -0.15) is 0 Å². The first-order valence-corrected chi connectivity index (χ1v) is 9.98. The number of benzene rings is 2. The van der Waals surface area contributed by atoms with Crippen LogP contribution in [0.3, 0.4) is 0 Å². The van der Waals surface area contributed by atoms with Crippen molar-refractivity contribution in [3.63, 3.8) is 0 Å². The first-order chi connectivity index (χ1) is 12.8. The molecule has 2 aromatic heterocycles. The third kappa shape index (κ3) is 3.31. The molecule has 0 aliphatic rings. The molecule has 0 aliphatic carbocycles. The highest BCUT2D eigenvalue weighted by Gasteiger charge is 2.17. The van der Waals surface area contributed by atoms with Crippen LogP contribution in [0.4, 0.5) is 0 Å². The van der Waals surface area contributed by atoms with E-state index >= 15 is 0 Å². The van der Waals surface area contributed by atoms with Gasteiger partial charge in [-0.05, 0) is 28.7 Å². The quantitative estimate of drug-likeness (QED) is 0.435. The lowest BCUT2D eigenvalue weighted by Gasteiger charge is -2.19. The first kappa shape index (κ1) is 18.0. The molecule has 4 rings (SSSR count). The maximum absolute atomic E-state index is 12.8. The van der Waals surface area contributed by atoms with Gasteiger partial charge in [0.15, 0.2) is 0 Å². The Bertz CT molecular complexity index is 1180. The average Bonchev–Trinajstić information content (AvgIpc) is 3.06. The van der Waals surface area contributed by atoms with Gasteiger partial charge in [-0.15, -0.1) is 11.3 Å². The first-order valence-electron chi connectivity index (χ1n) is 8.72. The highest BCUT2D eigenvalue weighted by molar-refractivity contribution is 7.17. The van der Waals surface area contributed by atoms with Gasteiger partial charge in [0.1, 0.15) is 10.7 Å². The van der Waals surface area contributed by atoms with Crippen LogP contribution >= 0.6 is 22.9 Å². The lowest BCUT2D eigenvalue weighted by molar-refractivity contribution is 0.590. The minimum Gasteiger partial charge on any atom is -0.306 e. The van der Waals surface area contributed by atoms with Crippen molar-refractivity contribution >= 4 is 33.2 Å². The van der Waals surface area contributed by atoms with Crippen LogP contribution in [0.5, 0.6) is 0 Å². The van der Waals surface area contributed by atoms with Crippen LogP contribution in [0.25, 0.3) is 32.7 Å². The molecule has 0 saturated carbocycles. The fraction of sp³-hybridized carbons (Fsp3) is 0.182. The van der Waals surface area contributed by atoms with Crippen molar-refractivity contribution in [1.82, 2.24) is 9.97 Å². The van der Waals surface area contributed by atoms with Crippen LogP contribution in [0, 0.1) is 0 Å². The number of thiophene rings is 1. The Morgan fingerprint density at radius 3 is 2.37 bits per heavy atom. The fourth-order valence-electron chi connectivity index (χ4n) is 3.09. The SMILES string of the molecule is CC(C)(C)c1ccc(-c2csc3nc(-c4ccccc4Cl)[nH]c(=O)c23)cc1. The highest BCUT2D eigenvalue weighted by Crippen LogP contribution is 2.34. The second-order valence-corrected chi connectivity index (χ2v) is 8.82. The molecule has 0 bridgehead atoms. The predicted octanol–water partition coefficient (Wildman–Crippen LogP) is 6.27. The van der Waals surface area contributed by atoms with Crippen LogP contribution < -0.4 is 5.56 Å². The molecule has 136 valence electrons. The van der Waals surface area contributed by atoms with Gasteiger partial charge < -0.3 is 4.98 Å². The lowest BCUT2D eigenvalue weighted by Crippen LogP contribution is -2.10. The van der Waals surface area contributed by atoms with Crippen molar-refractivity contribution in [3.05, 3.63) is 74.9 Å². The van der Waals surface area contributed by atoms with E-state index in [1.165, 1.54) is 16.9 Å². The van der Waals surface area contributed by atoms with E-state index in [9.17, 15) is 4.79 Å². The van der Waals surface area contributed by atoms with Gasteiger partial charge in [0.05, 0.1) is 10.4 Å². The van der Waals surface area contributed by atoms with Crippen molar-refractivity contribution in [1.29, 1.82) is 0 Å². The van der Waals surface area contributed by atoms with E-state index in [-0.39, 0.29) is 11.0 Å². The van der Waals surface area contributed by atoms with E-state index in [0.29, 0.717) is 21.1 Å². The molecule has 0 radical (unpaired) electrons. The zero-order valence-electron chi connectivity index (χ0n) is 15.3. The largest absolute Gasteiger partial charge is 0.306 e. The van der Waals surface area contributed by atoms with E-state index < -0.39 is 0 Å². The fourth-order valence-corrected chi connectivity index (χ4v) is 4.27. The number of fused-ring (bicyclic) bond motifs is 1. The van der Waals surface area contributed by atoms with Crippen molar-refractivity contribution in [2.24, 2.45) is 0 Å². The number of halogens is 1. The Balaban J connectivity index is 1.83. The number of aromatic nitrogens is 2. The van der Waals surface area contributed by atoms with E-state index in [4.69, 9.17) is 11.6 Å². The van der Waals surface area contributed by atoms with Gasteiger partial charge >= 0.3 is 0 Å². The van der Waals surface area contributed by atoms with Crippen LogP contribution in [0.15, 0.2) is 58.7 Å². The summed E-state index contributed by atoms with van der Waals surface area (Å²) < 4.78 is 0. The molecule has 2 aromatic carbocycles. The number of hydrogen-bond acceptors (Lipinski definition) is 3. The second kappa shape index (κ2) is 6.63. The smallest absolute Gasteiger partial charge is 0.260 e. The molecule has 3 nitrogen and oxygen atoms in total. The third-order valence-corrected chi connectivity index (χ3v) is 5.84. The van der Waals surface area contributed by atoms with Crippen LogP contribution in [0.2, 0.25) is 5.02 Å². The number of H-pyrrole nitrogens is 1. The molecule has 0 aliphatic heterocycles. The number of nitrogens with one attached hydrogen (secondary N) is 1. The van der Waals surface area contributed by atoms with Crippen molar-refractivity contribution < 1.29 is 0 Å². The van der Waals surface area contributed by atoms with Crippen molar-refractivity contribution in [3.8, 4) is 22.5 Å². The zero-order chi connectivity index (χ0) is 19.2. The molecule has 27 heavy (non-hydrogen) atoms. The summed E-state index contributed by atoms with van der Waals surface area (Å²) >= 11 is 7.73. The molecule has 0 spiro atoms. The van der Waals surface area contributed by atoms with E-state index in [2.05, 4.69) is 55.0 Å². The molecule has 0 amide bonds. The third-order valence-electron chi connectivity index (χ3n) is 4.63. The van der Waals surface area contributed by atoms with E-state index in [1.54, 1.807) is 6.07 Å². The summed E-state index contributed by atoms with van der Waals surface area (Å²) in [4.78, 5) is 21.1. The standard InChI is InChI=1S/C22H19ClN2OS/c1-22(2,3)14-10-8-13(9-11-14)16-12-27-21-18(16)20(26)24-19(25-21)15-6-4-5-7-17(15)23/h4-12H,1-3H3,(H,24,25,26). The summed E-state index contributed by atoms with van der Waals surface area (Å²) in [5.41, 5.74) is 3.87. The molecule has 4 aromatic rings. The molecular weight excluding hydrogens is 376 g/mol. The average molecular weight is 395 g/mol. The molecule has 0 unspecified atom stereocenters.